The van der Waals surface area contributed by atoms with Crippen LogP contribution in [0.1, 0.15) is 26.3 Å². The Morgan fingerprint density at radius 2 is 1.65 bits per heavy atom. The fourth-order valence-electron chi connectivity index (χ4n) is 2.30. The Bertz CT molecular complexity index is 705. The maximum Gasteiger partial charge on any atom is 0.258 e. The summed E-state index contributed by atoms with van der Waals surface area (Å²) in [5.41, 5.74) is 1.32. The number of ether oxygens (including phenoxy) is 3. The highest BCUT2D eigenvalue weighted by Crippen LogP contribution is 2.24. The monoisotopic (exact) mass is 357 g/mol. The summed E-state index contributed by atoms with van der Waals surface area (Å²) >= 11 is 0. The van der Waals surface area contributed by atoms with Crippen LogP contribution in [0.5, 0.6) is 17.2 Å². The topological polar surface area (TPSA) is 56.8 Å². The molecule has 0 heterocycles. The maximum atomic E-state index is 11.8. The summed E-state index contributed by atoms with van der Waals surface area (Å²) in [6.07, 6.45) is 0. The third-order valence-corrected chi connectivity index (χ3v) is 3.82. The largest absolute Gasteiger partial charge is 0.497 e. The summed E-state index contributed by atoms with van der Waals surface area (Å²) < 4.78 is 16.2. The average Bonchev–Trinajstić information content (AvgIpc) is 2.63. The van der Waals surface area contributed by atoms with Crippen LogP contribution < -0.4 is 19.5 Å². The third kappa shape index (κ3) is 6.31. The number of nitrogens with one attached hydrogen (secondary N) is 1. The molecule has 0 spiro atoms. The van der Waals surface area contributed by atoms with Crippen LogP contribution in [-0.4, -0.2) is 32.8 Å². The number of amides is 1. The van der Waals surface area contributed by atoms with Gasteiger partial charge in [-0.1, -0.05) is 39.0 Å². The minimum Gasteiger partial charge on any atom is -0.497 e. The van der Waals surface area contributed by atoms with Crippen LogP contribution in [0.2, 0.25) is 0 Å². The molecule has 2 aromatic carbocycles. The van der Waals surface area contributed by atoms with Crippen molar-refractivity contribution in [3.05, 3.63) is 54.1 Å². The van der Waals surface area contributed by atoms with Gasteiger partial charge < -0.3 is 19.5 Å². The van der Waals surface area contributed by atoms with Gasteiger partial charge in [-0.2, -0.15) is 0 Å². The van der Waals surface area contributed by atoms with Gasteiger partial charge in [-0.15, -0.1) is 0 Å². The van der Waals surface area contributed by atoms with Crippen molar-refractivity contribution in [2.24, 2.45) is 0 Å². The van der Waals surface area contributed by atoms with E-state index in [0.29, 0.717) is 24.7 Å². The molecule has 0 saturated heterocycles. The summed E-state index contributed by atoms with van der Waals surface area (Å²) in [7, 11) is 1.61. The zero-order valence-corrected chi connectivity index (χ0v) is 15.9. The van der Waals surface area contributed by atoms with Crippen LogP contribution >= 0.6 is 0 Å². The highest BCUT2D eigenvalue weighted by Gasteiger charge is 2.13. The quantitative estimate of drug-likeness (QED) is 0.734. The van der Waals surface area contributed by atoms with Gasteiger partial charge in [-0.3, -0.25) is 4.79 Å². The minimum absolute atomic E-state index is 0.0198. The highest BCUT2D eigenvalue weighted by atomic mass is 16.5. The second-order valence-corrected chi connectivity index (χ2v) is 6.94. The van der Waals surface area contributed by atoms with Gasteiger partial charge in [0.2, 0.25) is 0 Å². The number of methoxy groups -OCH3 is 1. The van der Waals surface area contributed by atoms with E-state index in [9.17, 15) is 4.79 Å². The Hall–Kier alpha value is -2.69. The lowest BCUT2D eigenvalue weighted by Crippen LogP contribution is -2.32. The van der Waals surface area contributed by atoms with Crippen molar-refractivity contribution >= 4 is 5.91 Å². The van der Waals surface area contributed by atoms with Gasteiger partial charge in [0.05, 0.1) is 13.7 Å². The molecule has 2 rings (SSSR count). The number of carbonyl (C=O) groups excluding carboxylic acids is 1. The van der Waals surface area contributed by atoms with Gasteiger partial charge >= 0.3 is 0 Å². The second-order valence-electron chi connectivity index (χ2n) is 6.94. The van der Waals surface area contributed by atoms with Crippen molar-refractivity contribution in [2.75, 3.05) is 26.9 Å². The van der Waals surface area contributed by atoms with Crippen LogP contribution in [0.3, 0.4) is 0 Å². The number of rotatable bonds is 8. The minimum atomic E-state index is -0.181. The van der Waals surface area contributed by atoms with Crippen LogP contribution in [0.4, 0.5) is 0 Å². The van der Waals surface area contributed by atoms with Crippen LogP contribution in [0, 0.1) is 0 Å². The van der Waals surface area contributed by atoms with Gasteiger partial charge in [-0.25, -0.2) is 0 Å². The first-order valence-corrected chi connectivity index (χ1v) is 8.65. The SMILES string of the molecule is COc1cccc(OCCNC(=O)COc2ccc(C(C)(C)C)cc2)c1. The smallest absolute Gasteiger partial charge is 0.258 e. The average molecular weight is 357 g/mol. The summed E-state index contributed by atoms with van der Waals surface area (Å²) in [6, 6.07) is 15.2. The summed E-state index contributed by atoms with van der Waals surface area (Å²) in [4.78, 5) is 11.8. The lowest BCUT2D eigenvalue weighted by molar-refractivity contribution is -0.123. The molecule has 1 N–H and O–H groups in total. The molecular formula is C21H27NO4. The predicted molar refractivity (Wildman–Crippen MR) is 102 cm³/mol. The standard InChI is InChI=1S/C21H27NO4/c1-21(2,3)16-8-10-17(11-9-16)26-15-20(23)22-12-13-25-19-7-5-6-18(14-19)24-4/h5-11,14H,12-13,15H2,1-4H3,(H,22,23). The lowest BCUT2D eigenvalue weighted by atomic mass is 9.87. The Morgan fingerprint density at radius 1 is 0.962 bits per heavy atom. The molecular weight excluding hydrogens is 330 g/mol. The zero-order chi connectivity index (χ0) is 19.0. The highest BCUT2D eigenvalue weighted by molar-refractivity contribution is 5.77. The predicted octanol–water partition coefficient (Wildman–Crippen LogP) is 3.57. The Balaban J connectivity index is 1.67. The number of carbonyl (C=O) groups is 1. The van der Waals surface area contributed by atoms with Crippen LogP contribution in [0.25, 0.3) is 0 Å². The molecule has 0 aromatic heterocycles. The zero-order valence-electron chi connectivity index (χ0n) is 15.9. The molecule has 0 fully saturated rings. The first-order valence-electron chi connectivity index (χ1n) is 8.65. The molecule has 0 aliphatic rings. The molecule has 0 saturated carbocycles. The Labute approximate surface area is 155 Å². The molecule has 0 aliphatic heterocycles. The van der Waals surface area contributed by atoms with Crippen LogP contribution in [0.15, 0.2) is 48.5 Å². The number of hydrogen-bond acceptors (Lipinski definition) is 4. The van der Waals surface area contributed by atoms with Crippen molar-refractivity contribution in [2.45, 2.75) is 26.2 Å². The van der Waals surface area contributed by atoms with Gasteiger partial charge in [0.25, 0.3) is 5.91 Å². The number of benzene rings is 2. The molecule has 0 atom stereocenters. The molecule has 5 heteroatoms. The van der Waals surface area contributed by atoms with Gasteiger partial charge in [0, 0.05) is 6.07 Å². The van der Waals surface area contributed by atoms with E-state index < -0.39 is 0 Å². The van der Waals surface area contributed by atoms with Crippen LogP contribution in [-0.2, 0) is 10.2 Å². The fourth-order valence-corrected chi connectivity index (χ4v) is 2.30. The molecule has 2 aromatic rings. The van der Waals surface area contributed by atoms with E-state index in [0.717, 1.165) is 5.75 Å². The molecule has 140 valence electrons. The van der Waals surface area contributed by atoms with E-state index >= 15 is 0 Å². The third-order valence-electron chi connectivity index (χ3n) is 3.82. The van der Waals surface area contributed by atoms with Crippen molar-refractivity contribution < 1.29 is 19.0 Å². The lowest BCUT2D eigenvalue weighted by Gasteiger charge is -2.19. The Morgan fingerprint density at radius 3 is 2.31 bits per heavy atom. The first-order chi connectivity index (χ1) is 12.4. The van der Waals surface area contributed by atoms with Crippen molar-refractivity contribution in [3.63, 3.8) is 0 Å². The molecule has 5 nitrogen and oxygen atoms in total. The van der Waals surface area contributed by atoms with Gasteiger partial charge in [0.15, 0.2) is 6.61 Å². The normalized spacial score (nSPS) is 10.9. The summed E-state index contributed by atoms with van der Waals surface area (Å²) in [5, 5.41) is 2.77. The van der Waals surface area contributed by atoms with Crippen molar-refractivity contribution in [1.82, 2.24) is 5.32 Å². The molecule has 1 amide bonds. The van der Waals surface area contributed by atoms with Gasteiger partial charge in [-0.05, 0) is 35.2 Å². The number of hydrogen-bond donors (Lipinski definition) is 1. The molecule has 0 aliphatic carbocycles. The molecule has 26 heavy (non-hydrogen) atoms. The van der Waals surface area contributed by atoms with E-state index in [1.165, 1.54) is 5.56 Å². The van der Waals surface area contributed by atoms with Gasteiger partial charge in [0.1, 0.15) is 23.9 Å². The molecule has 0 radical (unpaired) electrons. The van der Waals surface area contributed by atoms with E-state index in [1.807, 2.05) is 42.5 Å². The van der Waals surface area contributed by atoms with E-state index in [-0.39, 0.29) is 17.9 Å². The molecule has 0 unspecified atom stereocenters. The van der Waals surface area contributed by atoms with E-state index in [1.54, 1.807) is 13.2 Å². The first kappa shape index (κ1) is 19.6. The summed E-state index contributed by atoms with van der Waals surface area (Å²) in [6.45, 7) is 7.23. The van der Waals surface area contributed by atoms with Crippen molar-refractivity contribution in [1.29, 1.82) is 0 Å². The maximum absolute atomic E-state index is 11.8. The summed E-state index contributed by atoms with van der Waals surface area (Å²) in [5.74, 6) is 1.94. The van der Waals surface area contributed by atoms with E-state index in [4.69, 9.17) is 14.2 Å². The Kier molecular flexibility index (Phi) is 6.89. The van der Waals surface area contributed by atoms with E-state index in [2.05, 4.69) is 26.1 Å². The molecule has 0 bridgehead atoms. The second kappa shape index (κ2) is 9.13. The van der Waals surface area contributed by atoms with Crippen molar-refractivity contribution in [3.8, 4) is 17.2 Å². The fraction of sp³-hybridized carbons (Fsp3) is 0.381.